The molecule has 1 saturated heterocycles. The topological polar surface area (TPSA) is 63.2 Å². The Balaban J connectivity index is 1.58. The highest BCUT2D eigenvalue weighted by atomic mass is 32.2. The quantitative estimate of drug-likeness (QED) is 0.812. The van der Waals surface area contributed by atoms with E-state index < -0.39 is 9.84 Å². The van der Waals surface area contributed by atoms with Crippen molar-refractivity contribution >= 4 is 27.1 Å². The first-order valence-electron chi connectivity index (χ1n) is 6.55. The minimum Gasteiger partial charge on any atom is -0.356 e. The molecule has 1 amide bonds. The molecule has 2 heterocycles. The average molecular weight is 301 g/mol. The summed E-state index contributed by atoms with van der Waals surface area (Å²) in [6.45, 7) is 0.640. The number of carbonyl (C=O) groups is 1. The number of hydrogen-bond donors (Lipinski definition) is 1. The Morgan fingerprint density at radius 3 is 2.95 bits per heavy atom. The summed E-state index contributed by atoms with van der Waals surface area (Å²) in [6.07, 6.45) is 2.97. The van der Waals surface area contributed by atoms with Crippen LogP contribution in [-0.4, -0.2) is 32.4 Å². The maximum absolute atomic E-state index is 11.6. The molecule has 0 spiro atoms. The molecule has 0 radical (unpaired) electrons. The van der Waals surface area contributed by atoms with Crippen LogP contribution in [0, 0.1) is 5.92 Å². The van der Waals surface area contributed by atoms with Crippen molar-refractivity contribution in [2.45, 2.75) is 25.7 Å². The summed E-state index contributed by atoms with van der Waals surface area (Å²) in [4.78, 5) is 12.7. The van der Waals surface area contributed by atoms with Gasteiger partial charge in [-0.05, 0) is 36.6 Å². The Kier molecular flexibility index (Phi) is 4.99. The molecule has 2 rings (SSSR count). The zero-order chi connectivity index (χ0) is 13.7. The van der Waals surface area contributed by atoms with Crippen LogP contribution in [0.5, 0.6) is 0 Å². The standard InChI is InChI=1S/C13H19NO3S2/c15-13(9-12-4-2-7-18-12)14-6-1-3-11-5-8-19(16,17)10-11/h2,4,7,11H,1,3,5-6,8-10H2,(H,14,15). The van der Waals surface area contributed by atoms with Gasteiger partial charge in [0.05, 0.1) is 17.9 Å². The highest BCUT2D eigenvalue weighted by molar-refractivity contribution is 7.91. The highest BCUT2D eigenvalue weighted by Crippen LogP contribution is 2.22. The summed E-state index contributed by atoms with van der Waals surface area (Å²) in [7, 11) is -2.77. The maximum Gasteiger partial charge on any atom is 0.225 e. The van der Waals surface area contributed by atoms with Gasteiger partial charge in [-0.25, -0.2) is 8.42 Å². The highest BCUT2D eigenvalue weighted by Gasteiger charge is 2.27. The lowest BCUT2D eigenvalue weighted by atomic mass is 10.0. The van der Waals surface area contributed by atoms with Gasteiger partial charge in [-0.15, -0.1) is 11.3 Å². The molecule has 0 aliphatic carbocycles. The first-order valence-corrected chi connectivity index (χ1v) is 9.25. The Hall–Kier alpha value is -0.880. The van der Waals surface area contributed by atoms with Gasteiger partial charge in [-0.2, -0.15) is 0 Å². The van der Waals surface area contributed by atoms with Crippen LogP contribution in [0.15, 0.2) is 17.5 Å². The molecule has 4 nitrogen and oxygen atoms in total. The van der Waals surface area contributed by atoms with E-state index in [1.807, 2.05) is 17.5 Å². The number of amides is 1. The fraction of sp³-hybridized carbons (Fsp3) is 0.615. The molecule has 1 N–H and O–H groups in total. The third-order valence-corrected chi connectivity index (χ3v) is 6.07. The van der Waals surface area contributed by atoms with E-state index in [1.54, 1.807) is 11.3 Å². The molecule has 0 aromatic carbocycles. The third kappa shape index (κ3) is 4.95. The van der Waals surface area contributed by atoms with Crippen molar-refractivity contribution in [1.82, 2.24) is 5.32 Å². The van der Waals surface area contributed by atoms with Crippen LogP contribution in [0.4, 0.5) is 0 Å². The van der Waals surface area contributed by atoms with Crippen LogP contribution in [0.3, 0.4) is 0 Å². The molecule has 106 valence electrons. The largest absolute Gasteiger partial charge is 0.356 e. The van der Waals surface area contributed by atoms with Crippen molar-refractivity contribution in [3.05, 3.63) is 22.4 Å². The number of nitrogens with one attached hydrogen (secondary N) is 1. The van der Waals surface area contributed by atoms with Crippen LogP contribution in [0.25, 0.3) is 0 Å². The van der Waals surface area contributed by atoms with Crippen molar-refractivity contribution in [2.24, 2.45) is 5.92 Å². The lowest BCUT2D eigenvalue weighted by molar-refractivity contribution is -0.120. The van der Waals surface area contributed by atoms with Crippen LogP contribution in [-0.2, 0) is 21.1 Å². The molecule has 1 aliphatic heterocycles. The van der Waals surface area contributed by atoms with Crippen molar-refractivity contribution in [2.75, 3.05) is 18.1 Å². The molecule has 19 heavy (non-hydrogen) atoms. The Labute approximate surface area is 118 Å². The second-order valence-corrected chi connectivity index (χ2v) is 8.28. The van der Waals surface area contributed by atoms with E-state index in [0.717, 1.165) is 24.1 Å². The molecule has 0 bridgehead atoms. The zero-order valence-electron chi connectivity index (χ0n) is 10.8. The number of carbonyl (C=O) groups excluding carboxylic acids is 1. The Bertz CT molecular complexity index is 508. The number of thiophene rings is 1. The van der Waals surface area contributed by atoms with Crippen LogP contribution in [0.1, 0.15) is 24.1 Å². The first kappa shape index (κ1) is 14.5. The van der Waals surface area contributed by atoms with Crippen LogP contribution < -0.4 is 5.32 Å². The Morgan fingerprint density at radius 1 is 1.47 bits per heavy atom. The van der Waals surface area contributed by atoms with E-state index in [-0.39, 0.29) is 5.91 Å². The monoisotopic (exact) mass is 301 g/mol. The minimum absolute atomic E-state index is 0.0430. The zero-order valence-corrected chi connectivity index (χ0v) is 12.4. The van der Waals surface area contributed by atoms with Gasteiger partial charge in [-0.1, -0.05) is 6.07 Å². The van der Waals surface area contributed by atoms with Gasteiger partial charge in [0.25, 0.3) is 0 Å². The van der Waals surface area contributed by atoms with Gasteiger partial charge in [0.15, 0.2) is 9.84 Å². The molecule has 0 saturated carbocycles. The molecule has 1 fully saturated rings. The number of sulfone groups is 1. The molecule has 1 atom stereocenters. The van der Waals surface area contributed by atoms with Crippen molar-refractivity contribution in [3.8, 4) is 0 Å². The lowest BCUT2D eigenvalue weighted by Crippen LogP contribution is -2.26. The third-order valence-electron chi connectivity index (χ3n) is 3.35. The van der Waals surface area contributed by atoms with Gasteiger partial charge < -0.3 is 5.32 Å². The van der Waals surface area contributed by atoms with Crippen molar-refractivity contribution < 1.29 is 13.2 Å². The van der Waals surface area contributed by atoms with Gasteiger partial charge in [0, 0.05) is 11.4 Å². The molecular formula is C13H19NO3S2. The Morgan fingerprint density at radius 2 is 2.32 bits per heavy atom. The average Bonchev–Trinajstić information content (AvgIpc) is 2.94. The summed E-state index contributed by atoms with van der Waals surface area (Å²) in [6, 6.07) is 3.89. The van der Waals surface area contributed by atoms with E-state index in [9.17, 15) is 13.2 Å². The second-order valence-electron chi connectivity index (χ2n) is 5.02. The van der Waals surface area contributed by atoms with Gasteiger partial charge >= 0.3 is 0 Å². The van der Waals surface area contributed by atoms with E-state index >= 15 is 0 Å². The van der Waals surface area contributed by atoms with E-state index in [4.69, 9.17) is 0 Å². The molecule has 1 unspecified atom stereocenters. The van der Waals surface area contributed by atoms with E-state index in [2.05, 4.69) is 5.32 Å². The molecule has 1 aliphatic rings. The van der Waals surface area contributed by atoms with Gasteiger partial charge in [0.2, 0.25) is 5.91 Å². The summed E-state index contributed by atoms with van der Waals surface area (Å²) in [5.74, 6) is 0.999. The number of hydrogen-bond acceptors (Lipinski definition) is 4. The molecule has 1 aromatic heterocycles. The number of rotatable bonds is 6. The van der Waals surface area contributed by atoms with Gasteiger partial charge in [0.1, 0.15) is 0 Å². The van der Waals surface area contributed by atoms with Crippen LogP contribution in [0.2, 0.25) is 0 Å². The molecular weight excluding hydrogens is 282 g/mol. The van der Waals surface area contributed by atoms with E-state index in [0.29, 0.717) is 30.4 Å². The van der Waals surface area contributed by atoms with Crippen molar-refractivity contribution in [1.29, 1.82) is 0 Å². The lowest BCUT2D eigenvalue weighted by Gasteiger charge is -2.08. The van der Waals surface area contributed by atoms with E-state index in [1.165, 1.54) is 0 Å². The smallest absolute Gasteiger partial charge is 0.225 e. The SMILES string of the molecule is O=C(Cc1cccs1)NCCCC1CCS(=O)(=O)C1. The predicted octanol–water partition coefficient (Wildman–Crippen LogP) is 1.62. The second kappa shape index (κ2) is 6.52. The fourth-order valence-corrected chi connectivity index (χ4v) is 4.97. The normalized spacial score (nSPS) is 21.4. The maximum atomic E-state index is 11.6. The fourth-order valence-electron chi connectivity index (χ4n) is 2.35. The predicted molar refractivity (Wildman–Crippen MR) is 77.0 cm³/mol. The summed E-state index contributed by atoms with van der Waals surface area (Å²) < 4.78 is 22.6. The first-order chi connectivity index (χ1) is 9.05. The summed E-state index contributed by atoms with van der Waals surface area (Å²) >= 11 is 1.58. The van der Waals surface area contributed by atoms with Crippen molar-refractivity contribution in [3.63, 3.8) is 0 Å². The van der Waals surface area contributed by atoms with Crippen LogP contribution >= 0.6 is 11.3 Å². The van der Waals surface area contributed by atoms with Gasteiger partial charge in [-0.3, -0.25) is 4.79 Å². The molecule has 1 aromatic rings. The molecule has 6 heteroatoms. The summed E-state index contributed by atoms with van der Waals surface area (Å²) in [5, 5.41) is 4.85. The minimum atomic E-state index is -2.77. The summed E-state index contributed by atoms with van der Waals surface area (Å²) in [5.41, 5.74) is 0.